The highest BCUT2D eigenvalue weighted by atomic mass is 19.4. The number of fused-ring (bicyclic) bond motifs is 1. The molecule has 1 N–H and O–H groups in total. The summed E-state index contributed by atoms with van der Waals surface area (Å²) >= 11 is 0. The number of aryl methyl sites for hydroxylation is 1. The summed E-state index contributed by atoms with van der Waals surface area (Å²) in [5.74, 6) is -0.386. The van der Waals surface area contributed by atoms with Crippen LogP contribution in [0.3, 0.4) is 0 Å². The van der Waals surface area contributed by atoms with Crippen molar-refractivity contribution >= 4 is 29.3 Å². The van der Waals surface area contributed by atoms with Crippen LogP contribution in [0.2, 0.25) is 0 Å². The number of rotatable bonds is 5. The van der Waals surface area contributed by atoms with Crippen LogP contribution in [0.1, 0.15) is 31.9 Å². The molecule has 35 heavy (non-hydrogen) atoms. The third kappa shape index (κ3) is 5.92. The van der Waals surface area contributed by atoms with Gasteiger partial charge < -0.3 is 19.1 Å². The molecule has 1 aromatic heterocycles. The molecule has 0 spiro atoms. The van der Waals surface area contributed by atoms with Crippen LogP contribution < -0.4 is 4.74 Å². The molecule has 0 atom stereocenters. The van der Waals surface area contributed by atoms with E-state index in [-0.39, 0.29) is 12.3 Å². The van der Waals surface area contributed by atoms with Gasteiger partial charge in [0.15, 0.2) is 0 Å². The Morgan fingerprint density at radius 3 is 2.34 bits per heavy atom. The van der Waals surface area contributed by atoms with Crippen LogP contribution in [-0.4, -0.2) is 43.7 Å². The molecule has 2 aromatic carbocycles. The number of halogens is 3. The van der Waals surface area contributed by atoms with Crippen LogP contribution in [0.4, 0.5) is 22.8 Å². The van der Waals surface area contributed by atoms with Gasteiger partial charge in [0.2, 0.25) is 0 Å². The Kier molecular flexibility index (Phi) is 6.82. The Balaban J connectivity index is 2.12. The average molecular weight is 491 g/mol. The predicted molar refractivity (Wildman–Crippen MR) is 123 cm³/mol. The summed E-state index contributed by atoms with van der Waals surface area (Å²) in [5.41, 5.74) is 2.23. The van der Waals surface area contributed by atoms with Crippen LogP contribution >= 0.6 is 0 Å². The van der Waals surface area contributed by atoms with Gasteiger partial charge in [-0.05, 0) is 50.1 Å². The van der Waals surface area contributed by atoms with Gasteiger partial charge in [0.1, 0.15) is 11.4 Å². The lowest BCUT2D eigenvalue weighted by Crippen LogP contribution is -2.39. The summed E-state index contributed by atoms with van der Waals surface area (Å²) in [7, 11) is 1.74. The predicted octanol–water partition coefficient (Wildman–Crippen LogP) is 6.20. The van der Waals surface area contributed by atoms with E-state index < -0.39 is 24.1 Å². The molecule has 3 aromatic rings. The molecular weight excluding hydrogens is 467 g/mol. The fourth-order valence-corrected chi connectivity index (χ4v) is 3.53. The number of nitrogens with zero attached hydrogens (tertiary/aromatic N) is 3. The highest BCUT2D eigenvalue weighted by Gasteiger charge is 2.31. The molecule has 8 nitrogen and oxygen atoms in total. The van der Waals surface area contributed by atoms with Crippen molar-refractivity contribution in [3.63, 3.8) is 0 Å². The number of hydrogen-bond donors (Lipinski definition) is 1. The zero-order chi connectivity index (χ0) is 26.1. The third-order valence-corrected chi connectivity index (χ3v) is 4.89. The van der Waals surface area contributed by atoms with Crippen molar-refractivity contribution < 1.29 is 37.3 Å². The molecule has 0 unspecified atom stereocenters. The number of hydrogen-bond acceptors (Lipinski definition) is 5. The molecule has 0 fully saturated rings. The minimum Gasteiger partial charge on any atom is -0.465 e. The molecule has 0 bridgehead atoms. The number of imide groups is 1. The molecule has 0 saturated carbocycles. The Hall–Kier alpha value is -4.02. The molecule has 0 saturated heterocycles. The van der Waals surface area contributed by atoms with Crippen LogP contribution in [-0.2, 0) is 18.3 Å². The van der Waals surface area contributed by atoms with Crippen LogP contribution in [0.15, 0.2) is 43.2 Å². The maximum absolute atomic E-state index is 12.6. The lowest BCUT2D eigenvalue weighted by atomic mass is 9.96. The summed E-state index contributed by atoms with van der Waals surface area (Å²) in [6, 6.07) is 6.84. The van der Waals surface area contributed by atoms with E-state index in [1.165, 1.54) is 30.3 Å². The minimum atomic E-state index is -4.82. The van der Waals surface area contributed by atoms with Gasteiger partial charge in [-0.15, -0.1) is 13.2 Å². The Labute approximate surface area is 199 Å². The zero-order valence-corrected chi connectivity index (χ0v) is 19.5. The van der Waals surface area contributed by atoms with Gasteiger partial charge in [0.25, 0.3) is 0 Å². The molecular formula is C24H24F3N3O5. The minimum absolute atomic E-state index is 0.352. The van der Waals surface area contributed by atoms with Gasteiger partial charge in [-0.25, -0.2) is 19.5 Å². The van der Waals surface area contributed by atoms with Crippen molar-refractivity contribution in [3.05, 3.63) is 54.4 Å². The van der Waals surface area contributed by atoms with Crippen molar-refractivity contribution in [1.82, 2.24) is 14.5 Å². The van der Waals surface area contributed by atoms with Gasteiger partial charge in [-0.3, -0.25) is 0 Å². The Bertz CT molecular complexity index is 1270. The molecule has 3 rings (SSSR count). The highest BCUT2D eigenvalue weighted by Crippen LogP contribution is 2.35. The second kappa shape index (κ2) is 9.32. The average Bonchev–Trinajstić information content (AvgIpc) is 3.11. The molecule has 1 heterocycles. The van der Waals surface area contributed by atoms with Crippen molar-refractivity contribution in [2.75, 3.05) is 0 Å². The van der Waals surface area contributed by atoms with Crippen molar-refractivity contribution in [2.24, 2.45) is 7.05 Å². The number of carboxylic acid groups (broad SMARTS) is 1. The summed E-state index contributed by atoms with van der Waals surface area (Å²) in [6.07, 6.45) is -4.29. The monoisotopic (exact) mass is 491 g/mol. The summed E-state index contributed by atoms with van der Waals surface area (Å²) in [5, 5.41) is 9.68. The quantitative estimate of drug-likeness (QED) is 0.457. The van der Waals surface area contributed by atoms with E-state index in [4.69, 9.17) is 4.74 Å². The number of imidazole rings is 1. The SMILES string of the molecule is C=Cc1c(CN(C(=O)O)C(=O)OC(C)(C)C)cc(-c2ccc(OC(F)(F)F)cc2)c2ncn(C)c12. The van der Waals surface area contributed by atoms with E-state index in [0.29, 0.717) is 38.2 Å². The number of amides is 2. The molecule has 0 aliphatic carbocycles. The van der Waals surface area contributed by atoms with Gasteiger partial charge in [-0.2, -0.15) is 0 Å². The smallest absolute Gasteiger partial charge is 0.465 e. The number of carbonyl (C=O) groups excluding carboxylic acids is 1. The van der Waals surface area contributed by atoms with Crippen molar-refractivity contribution in [3.8, 4) is 16.9 Å². The highest BCUT2D eigenvalue weighted by molar-refractivity contribution is 5.98. The van der Waals surface area contributed by atoms with E-state index in [1.807, 2.05) is 0 Å². The topological polar surface area (TPSA) is 93.9 Å². The summed E-state index contributed by atoms with van der Waals surface area (Å²) in [4.78, 5) is 29.4. The maximum Gasteiger partial charge on any atom is 0.573 e. The number of ether oxygens (including phenoxy) is 2. The number of benzene rings is 2. The van der Waals surface area contributed by atoms with Gasteiger partial charge in [0.05, 0.1) is 23.9 Å². The van der Waals surface area contributed by atoms with Crippen molar-refractivity contribution in [2.45, 2.75) is 39.3 Å². The lowest BCUT2D eigenvalue weighted by molar-refractivity contribution is -0.274. The fourth-order valence-electron chi connectivity index (χ4n) is 3.53. The standard InChI is InChI=1S/C24H24F3N3O5/c1-6-17-15(12-30(21(31)32)22(33)35-23(2,3)4)11-18(19-20(17)29(5)13-28-19)14-7-9-16(10-8-14)34-24(25,26)27/h6-11,13H,1,12H2,2-5H3,(H,31,32). The van der Waals surface area contributed by atoms with E-state index >= 15 is 0 Å². The van der Waals surface area contributed by atoms with Crippen LogP contribution in [0, 0.1) is 0 Å². The first kappa shape index (κ1) is 25.6. The van der Waals surface area contributed by atoms with E-state index in [0.717, 1.165) is 0 Å². The van der Waals surface area contributed by atoms with E-state index in [2.05, 4.69) is 16.3 Å². The molecule has 2 amide bonds. The number of carbonyl (C=O) groups is 2. The van der Waals surface area contributed by atoms with Crippen LogP contribution in [0.25, 0.3) is 28.2 Å². The van der Waals surface area contributed by atoms with Gasteiger partial charge in [-0.1, -0.05) is 24.8 Å². The molecule has 11 heteroatoms. The van der Waals surface area contributed by atoms with E-state index in [9.17, 15) is 27.9 Å². The molecule has 186 valence electrons. The fraction of sp³-hybridized carbons (Fsp3) is 0.292. The Morgan fingerprint density at radius 2 is 1.83 bits per heavy atom. The number of alkyl halides is 3. The first-order valence-electron chi connectivity index (χ1n) is 10.4. The normalized spacial score (nSPS) is 11.9. The van der Waals surface area contributed by atoms with Gasteiger partial charge >= 0.3 is 18.5 Å². The summed E-state index contributed by atoms with van der Waals surface area (Å²) in [6.45, 7) is 8.32. The largest absolute Gasteiger partial charge is 0.573 e. The first-order valence-corrected chi connectivity index (χ1v) is 10.4. The first-order chi connectivity index (χ1) is 16.2. The molecule has 0 radical (unpaired) electrons. The molecule has 0 aliphatic rings. The van der Waals surface area contributed by atoms with Gasteiger partial charge in [0, 0.05) is 18.2 Å². The third-order valence-electron chi connectivity index (χ3n) is 4.89. The summed E-state index contributed by atoms with van der Waals surface area (Å²) < 4.78 is 48.5. The van der Waals surface area contributed by atoms with Crippen LogP contribution in [0.5, 0.6) is 5.75 Å². The number of aromatic nitrogens is 2. The maximum atomic E-state index is 12.6. The Morgan fingerprint density at radius 1 is 1.20 bits per heavy atom. The second-order valence-electron chi connectivity index (χ2n) is 8.67. The second-order valence-corrected chi connectivity index (χ2v) is 8.67. The lowest BCUT2D eigenvalue weighted by Gasteiger charge is -2.25. The zero-order valence-electron chi connectivity index (χ0n) is 19.5. The molecule has 0 aliphatic heterocycles. The van der Waals surface area contributed by atoms with Crippen molar-refractivity contribution in [1.29, 1.82) is 0 Å². The van der Waals surface area contributed by atoms with E-state index in [1.54, 1.807) is 44.8 Å².